The number of rotatable bonds is 8. The van der Waals surface area contributed by atoms with Gasteiger partial charge in [-0.3, -0.25) is 4.90 Å². The largest absolute Gasteiger partial charge is 0.337 e. The van der Waals surface area contributed by atoms with Crippen LogP contribution in [0.2, 0.25) is 0 Å². The second kappa shape index (κ2) is 7.99. The van der Waals surface area contributed by atoms with Crippen molar-refractivity contribution in [3.63, 3.8) is 0 Å². The maximum atomic E-state index is 13.9. The topological polar surface area (TPSA) is 37.2 Å². The van der Waals surface area contributed by atoms with Crippen molar-refractivity contribution < 1.29 is 4.39 Å². The van der Waals surface area contributed by atoms with Gasteiger partial charge in [0.15, 0.2) is 0 Å². The standard InChI is InChI=1S/C16H24FN5S/c1-20(5-2-6-21-7-3-18-13-21)11-15-9-14(17)10-22(15)12-16-19-4-8-23-16/h3-4,7-8,13-15H,2,5-6,9-12H2,1H3/t14-,15-/m0/s1. The Kier molecular flexibility index (Phi) is 5.75. The van der Waals surface area contributed by atoms with Crippen LogP contribution in [-0.4, -0.2) is 63.2 Å². The highest BCUT2D eigenvalue weighted by atomic mass is 32.1. The molecule has 23 heavy (non-hydrogen) atoms. The molecule has 1 aliphatic rings. The second-order valence-electron chi connectivity index (χ2n) is 6.26. The van der Waals surface area contributed by atoms with Gasteiger partial charge in [0.1, 0.15) is 11.2 Å². The van der Waals surface area contributed by atoms with Crippen molar-refractivity contribution in [1.82, 2.24) is 24.3 Å². The van der Waals surface area contributed by atoms with Crippen LogP contribution in [0, 0.1) is 0 Å². The molecule has 126 valence electrons. The van der Waals surface area contributed by atoms with Crippen molar-refractivity contribution in [2.24, 2.45) is 0 Å². The Morgan fingerprint density at radius 3 is 3.09 bits per heavy atom. The molecular weight excluding hydrogens is 313 g/mol. The summed E-state index contributed by atoms with van der Waals surface area (Å²) in [5, 5.41) is 3.06. The van der Waals surface area contributed by atoms with Gasteiger partial charge in [-0.05, 0) is 26.4 Å². The van der Waals surface area contributed by atoms with Gasteiger partial charge in [-0.25, -0.2) is 14.4 Å². The van der Waals surface area contributed by atoms with Crippen molar-refractivity contribution in [2.75, 3.05) is 26.7 Å². The van der Waals surface area contributed by atoms with E-state index in [1.165, 1.54) is 0 Å². The molecule has 2 aromatic rings. The molecule has 0 N–H and O–H groups in total. The molecule has 0 aromatic carbocycles. The summed E-state index contributed by atoms with van der Waals surface area (Å²) in [5.41, 5.74) is 0. The molecule has 2 aromatic heterocycles. The lowest BCUT2D eigenvalue weighted by Crippen LogP contribution is -2.39. The van der Waals surface area contributed by atoms with Gasteiger partial charge in [0.05, 0.1) is 12.9 Å². The highest BCUT2D eigenvalue weighted by Crippen LogP contribution is 2.24. The van der Waals surface area contributed by atoms with Crippen LogP contribution in [0.4, 0.5) is 4.39 Å². The molecule has 0 aliphatic carbocycles. The number of likely N-dealkylation sites (tertiary alicyclic amines) is 1. The number of nitrogens with zero attached hydrogens (tertiary/aromatic N) is 5. The quantitative estimate of drug-likeness (QED) is 0.741. The van der Waals surface area contributed by atoms with Crippen LogP contribution in [0.1, 0.15) is 17.8 Å². The molecule has 1 saturated heterocycles. The summed E-state index contributed by atoms with van der Waals surface area (Å²) in [7, 11) is 2.13. The van der Waals surface area contributed by atoms with Crippen LogP contribution >= 0.6 is 11.3 Å². The minimum absolute atomic E-state index is 0.284. The molecule has 5 nitrogen and oxygen atoms in total. The first-order valence-corrected chi connectivity index (χ1v) is 8.99. The number of imidazole rings is 1. The van der Waals surface area contributed by atoms with E-state index < -0.39 is 6.17 Å². The normalized spacial score (nSPS) is 22.2. The summed E-state index contributed by atoms with van der Waals surface area (Å²) >= 11 is 1.65. The first-order valence-electron chi connectivity index (χ1n) is 8.11. The molecule has 0 bridgehead atoms. The van der Waals surface area contributed by atoms with Gasteiger partial charge < -0.3 is 9.47 Å². The van der Waals surface area contributed by atoms with Gasteiger partial charge in [0, 0.05) is 49.6 Å². The maximum Gasteiger partial charge on any atom is 0.114 e. The predicted molar refractivity (Wildman–Crippen MR) is 90.2 cm³/mol. The number of thiazole rings is 1. The minimum Gasteiger partial charge on any atom is -0.337 e. The zero-order chi connectivity index (χ0) is 16.1. The van der Waals surface area contributed by atoms with Crippen molar-refractivity contribution in [3.05, 3.63) is 35.3 Å². The van der Waals surface area contributed by atoms with Gasteiger partial charge in [0.25, 0.3) is 0 Å². The average Bonchev–Trinajstić information content (AvgIpc) is 3.23. The van der Waals surface area contributed by atoms with E-state index >= 15 is 0 Å². The third-order valence-corrected chi connectivity index (χ3v) is 5.10. The molecule has 1 aliphatic heterocycles. The fraction of sp³-hybridized carbons (Fsp3) is 0.625. The summed E-state index contributed by atoms with van der Waals surface area (Å²) in [4.78, 5) is 12.9. The van der Waals surface area contributed by atoms with Crippen LogP contribution in [0.15, 0.2) is 30.3 Å². The molecular formula is C16H24FN5S. The second-order valence-corrected chi connectivity index (χ2v) is 7.24. The number of hydrogen-bond acceptors (Lipinski definition) is 5. The first kappa shape index (κ1) is 16.5. The first-order chi connectivity index (χ1) is 11.2. The Balaban J connectivity index is 1.44. The lowest BCUT2D eigenvalue weighted by molar-refractivity contribution is 0.182. The molecule has 2 atom stereocenters. The summed E-state index contributed by atoms with van der Waals surface area (Å²) in [6.07, 6.45) is 8.46. The van der Waals surface area contributed by atoms with Gasteiger partial charge in [0.2, 0.25) is 0 Å². The number of alkyl halides is 1. The monoisotopic (exact) mass is 337 g/mol. The van der Waals surface area contributed by atoms with Crippen LogP contribution in [0.25, 0.3) is 0 Å². The Bertz CT molecular complexity index is 559. The smallest absolute Gasteiger partial charge is 0.114 e. The number of aromatic nitrogens is 3. The zero-order valence-corrected chi connectivity index (χ0v) is 14.3. The minimum atomic E-state index is -0.709. The van der Waals surface area contributed by atoms with E-state index in [1.54, 1.807) is 17.5 Å². The average molecular weight is 337 g/mol. The number of halogens is 1. The third-order valence-electron chi connectivity index (χ3n) is 4.34. The Morgan fingerprint density at radius 1 is 1.43 bits per heavy atom. The van der Waals surface area contributed by atoms with E-state index in [2.05, 4.69) is 31.4 Å². The Labute approximate surface area is 140 Å². The molecule has 0 spiro atoms. The summed E-state index contributed by atoms with van der Waals surface area (Å²) in [6, 6.07) is 0.284. The van der Waals surface area contributed by atoms with Crippen LogP contribution in [0.3, 0.4) is 0 Å². The molecule has 1 fully saturated rings. The summed E-state index contributed by atoms with van der Waals surface area (Å²) in [6.45, 7) is 4.20. The SMILES string of the molecule is CN(CCCn1ccnc1)C[C@@H]1C[C@H](F)CN1Cc1nccs1. The van der Waals surface area contributed by atoms with Crippen LogP contribution in [-0.2, 0) is 13.1 Å². The van der Waals surface area contributed by atoms with Crippen LogP contribution < -0.4 is 0 Å². The Morgan fingerprint density at radius 2 is 2.35 bits per heavy atom. The van der Waals surface area contributed by atoms with Crippen molar-refractivity contribution in [2.45, 2.75) is 38.1 Å². The molecule has 3 rings (SSSR count). The zero-order valence-electron chi connectivity index (χ0n) is 13.5. The third kappa shape index (κ3) is 4.83. The number of hydrogen-bond donors (Lipinski definition) is 0. The van der Waals surface area contributed by atoms with Gasteiger partial charge in [-0.2, -0.15) is 0 Å². The molecule has 0 amide bonds. The predicted octanol–water partition coefficient (Wildman–Crippen LogP) is 2.27. The van der Waals surface area contributed by atoms with Crippen molar-refractivity contribution in [3.8, 4) is 0 Å². The van der Waals surface area contributed by atoms with E-state index in [4.69, 9.17) is 0 Å². The lowest BCUT2D eigenvalue weighted by atomic mass is 10.2. The van der Waals surface area contributed by atoms with Crippen LogP contribution in [0.5, 0.6) is 0 Å². The maximum absolute atomic E-state index is 13.9. The fourth-order valence-electron chi connectivity index (χ4n) is 3.20. The number of likely N-dealkylation sites (N-methyl/N-ethyl adjacent to an activating group) is 1. The summed E-state index contributed by atoms with van der Waals surface area (Å²) < 4.78 is 15.9. The molecule has 0 radical (unpaired) electrons. The van der Waals surface area contributed by atoms with Gasteiger partial charge >= 0.3 is 0 Å². The van der Waals surface area contributed by atoms with E-state index in [9.17, 15) is 4.39 Å². The highest BCUT2D eigenvalue weighted by Gasteiger charge is 2.32. The van der Waals surface area contributed by atoms with E-state index in [0.29, 0.717) is 13.0 Å². The van der Waals surface area contributed by atoms with E-state index in [0.717, 1.165) is 37.6 Å². The summed E-state index contributed by atoms with van der Waals surface area (Å²) in [5.74, 6) is 0. The highest BCUT2D eigenvalue weighted by molar-refractivity contribution is 7.09. The number of aryl methyl sites for hydroxylation is 1. The lowest BCUT2D eigenvalue weighted by Gasteiger charge is -2.27. The van der Waals surface area contributed by atoms with E-state index in [-0.39, 0.29) is 6.04 Å². The molecule has 3 heterocycles. The fourth-order valence-corrected chi connectivity index (χ4v) is 3.84. The van der Waals surface area contributed by atoms with Gasteiger partial charge in [-0.1, -0.05) is 0 Å². The van der Waals surface area contributed by atoms with E-state index in [1.807, 2.05) is 24.1 Å². The molecule has 0 unspecified atom stereocenters. The molecule has 7 heteroatoms. The van der Waals surface area contributed by atoms with Crippen molar-refractivity contribution in [1.29, 1.82) is 0 Å². The van der Waals surface area contributed by atoms with Gasteiger partial charge in [-0.15, -0.1) is 11.3 Å². The molecule has 0 saturated carbocycles. The van der Waals surface area contributed by atoms with Crippen molar-refractivity contribution >= 4 is 11.3 Å². The Hall–Kier alpha value is -1.31.